The maximum Gasteiger partial charge on any atom is 0.319 e. The Balaban J connectivity index is 2.12. The number of halogens is 2. The summed E-state index contributed by atoms with van der Waals surface area (Å²) in [6.07, 6.45) is -0.158. The predicted octanol–water partition coefficient (Wildman–Crippen LogP) is 2.58. The van der Waals surface area contributed by atoms with Gasteiger partial charge in [-0.1, -0.05) is 6.07 Å². The van der Waals surface area contributed by atoms with Gasteiger partial charge in [0.1, 0.15) is 0 Å². The van der Waals surface area contributed by atoms with E-state index in [1.165, 1.54) is 18.1 Å². The smallest absolute Gasteiger partial charge is 0.319 e. The van der Waals surface area contributed by atoms with Gasteiger partial charge < -0.3 is 4.74 Å². The number of rotatable bonds is 6. The van der Waals surface area contributed by atoms with Crippen molar-refractivity contribution >= 4 is 11.7 Å². The zero-order valence-corrected chi connectivity index (χ0v) is 13.4. The van der Waals surface area contributed by atoms with E-state index in [9.17, 15) is 23.7 Å². The number of aryl methyl sites for hydroxylation is 2. The first kappa shape index (κ1) is 18.3. The Labute approximate surface area is 138 Å². The summed E-state index contributed by atoms with van der Waals surface area (Å²) in [5.41, 5.74) is 1.91. The third-order valence-electron chi connectivity index (χ3n) is 4.34. The van der Waals surface area contributed by atoms with Crippen molar-refractivity contribution in [3.63, 3.8) is 0 Å². The van der Waals surface area contributed by atoms with Crippen LogP contribution in [-0.2, 0) is 22.4 Å². The van der Waals surface area contributed by atoms with Gasteiger partial charge in [0.15, 0.2) is 0 Å². The number of methoxy groups -OCH3 is 1. The molecule has 0 spiro atoms. The Kier molecular flexibility index (Phi) is 6.19. The van der Waals surface area contributed by atoms with Crippen molar-refractivity contribution in [2.75, 3.05) is 20.2 Å². The summed E-state index contributed by atoms with van der Waals surface area (Å²) in [6.45, 7) is -0.668. The summed E-state index contributed by atoms with van der Waals surface area (Å²) in [6, 6.07) is 4.55. The molecule has 1 aliphatic rings. The van der Waals surface area contributed by atoms with Crippen molar-refractivity contribution in [2.24, 2.45) is 0 Å². The van der Waals surface area contributed by atoms with Crippen LogP contribution in [0.4, 0.5) is 14.5 Å². The third kappa shape index (κ3) is 4.70. The maximum atomic E-state index is 12.8. The molecule has 24 heavy (non-hydrogen) atoms. The summed E-state index contributed by atoms with van der Waals surface area (Å²) in [7, 11) is 1.23. The van der Waals surface area contributed by atoms with E-state index >= 15 is 0 Å². The van der Waals surface area contributed by atoms with Gasteiger partial charge >= 0.3 is 5.97 Å². The monoisotopic (exact) mass is 342 g/mol. The lowest BCUT2D eigenvalue weighted by Crippen LogP contribution is -2.42. The zero-order chi connectivity index (χ0) is 17.7. The third-order valence-corrected chi connectivity index (χ3v) is 4.34. The van der Waals surface area contributed by atoms with Crippen molar-refractivity contribution in [1.29, 1.82) is 0 Å². The summed E-state index contributed by atoms with van der Waals surface area (Å²) < 4.78 is 30.3. The van der Waals surface area contributed by atoms with E-state index < -0.39 is 23.9 Å². The fourth-order valence-corrected chi connectivity index (χ4v) is 3.11. The molecule has 6 nitrogen and oxygen atoms in total. The highest BCUT2D eigenvalue weighted by Gasteiger charge is 2.27. The van der Waals surface area contributed by atoms with E-state index in [-0.39, 0.29) is 18.3 Å². The van der Waals surface area contributed by atoms with Crippen LogP contribution in [0.1, 0.15) is 24.0 Å². The summed E-state index contributed by atoms with van der Waals surface area (Å²) >= 11 is 0. The number of non-ortho nitro benzene ring substituents is 1. The first-order valence-electron chi connectivity index (χ1n) is 7.76. The molecule has 0 N–H and O–H groups in total. The van der Waals surface area contributed by atoms with Gasteiger partial charge in [-0.05, 0) is 36.8 Å². The minimum absolute atomic E-state index is 0.0335. The second kappa shape index (κ2) is 8.14. The van der Waals surface area contributed by atoms with Gasteiger partial charge in [-0.15, -0.1) is 0 Å². The number of nitrogens with zero attached hydrogens (tertiary/aromatic N) is 2. The lowest BCUT2D eigenvalue weighted by atomic mass is 10.0. The molecule has 0 radical (unpaired) electrons. The fraction of sp³-hybridized carbons (Fsp3) is 0.562. The number of benzene rings is 1. The number of nitro groups is 1. The molecular formula is C16H20F2N2O4. The van der Waals surface area contributed by atoms with Gasteiger partial charge in [0.05, 0.1) is 25.1 Å². The van der Waals surface area contributed by atoms with Gasteiger partial charge in [-0.3, -0.25) is 19.8 Å². The minimum Gasteiger partial charge on any atom is -0.468 e. The summed E-state index contributed by atoms with van der Waals surface area (Å²) in [4.78, 5) is 23.4. The standard InChI is InChI=1S/C16H20F2N2O4/c1-24-16(21)10-19(9-15(17)18)13-5-2-11-3-7-14(20(22)23)8-12(11)4-6-13/h3,7-8,13,15H,2,4-6,9-10H2,1H3. The second-order valence-electron chi connectivity index (χ2n) is 5.84. The van der Waals surface area contributed by atoms with Gasteiger partial charge in [-0.2, -0.15) is 0 Å². The van der Waals surface area contributed by atoms with E-state index in [1.54, 1.807) is 12.1 Å². The van der Waals surface area contributed by atoms with Crippen LogP contribution in [-0.4, -0.2) is 48.5 Å². The molecule has 132 valence electrons. The number of fused-ring (bicyclic) bond motifs is 1. The molecule has 1 aromatic carbocycles. The van der Waals surface area contributed by atoms with Crippen molar-refractivity contribution in [3.05, 3.63) is 39.4 Å². The van der Waals surface area contributed by atoms with E-state index in [4.69, 9.17) is 0 Å². The number of carbonyl (C=O) groups excluding carboxylic acids is 1. The number of hydrogen-bond donors (Lipinski definition) is 0. The normalized spacial score (nSPS) is 17.5. The van der Waals surface area contributed by atoms with Crippen LogP contribution >= 0.6 is 0 Å². The lowest BCUT2D eigenvalue weighted by molar-refractivity contribution is -0.384. The molecule has 1 unspecified atom stereocenters. The van der Waals surface area contributed by atoms with Gasteiger partial charge in [0.2, 0.25) is 0 Å². The Morgan fingerprint density at radius 3 is 2.62 bits per heavy atom. The van der Waals surface area contributed by atoms with Crippen LogP contribution in [0.25, 0.3) is 0 Å². The summed E-state index contributed by atoms with van der Waals surface area (Å²) in [5, 5.41) is 10.9. The molecule has 1 atom stereocenters. The highest BCUT2D eigenvalue weighted by Crippen LogP contribution is 2.27. The highest BCUT2D eigenvalue weighted by molar-refractivity contribution is 5.71. The number of ether oxygens (including phenoxy) is 1. The zero-order valence-electron chi connectivity index (χ0n) is 13.4. The fourth-order valence-electron chi connectivity index (χ4n) is 3.11. The average Bonchev–Trinajstić information content (AvgIpc) is 2.75. The van der Waals surface area contributed by atoms with Crippen LogP contribution in [0.2, 0.25) is 0 Å². The molecular weight excluding hydrogens is 322 g/mol. The molecule has 0 saturated carbocycles. The molecule has 0 fully saturated rings. The van der Waals surface area contributed by atoms with Crippen molar-refractivity contribution in [2.45, 2.75) is 38.2 Å². The van der Waals surface area contributed by atoms with Gasteiger partial charge in [0.25, 0.3) is 12.1 Å². The largest absolute Gasteiger partial charge is 0.468 e. The van der Waals surface area contributed by atoms with Gasteiger partial charge in [0, 0.05) is 18.2 Å². The lowest BCUT2D eigenvalue weighted by Gasteiger charge is -2.29. The molecule has 0 aliphatic heterocycles. The Morgan fingerprint density at radius 1 is 1.38 bits per heavy atom. The first-order valence-corrected chi connectivity index (χ1v) is 7.76. The van der Waals surface area contributed by atoms with Crippen LogP contribution < -0.4 is 0 Å². The number of carbonyl (C=O) groups is 1. The summed E-state index contributed by atoms with van der Waals surface area (Å²) in [5.74, 6) is -0.548. The first-order chi connectivity index (χ1) is 11.4. The molecule has 1 aromatic rings. The van der Waals surface area contributed by atoms with Crippen molar-refractivity contribution in [1.82, 2.24) is 4.90 Å². The number of hydrogen-bond acceptors (Lipinski definition) is 5. The Hall–Kier alpha value is -2.09. The molecule has 0 aromatic heterocycles. The maximum absolute atomic E-state index is 12.8. The van der Waals surface area contributed by atoms with Crippen LogP contribution in [0.5, 0.6) is 0 Å². The number of alkyl halides is 2. The second-order valence-corrected chi connectivity index (χ2v) is 5.84. The van der Waals surface area contributed by atoms with E-state index in [1.807, 2.05) is 0 Å². The quantitative estimate of drug-likeness (QED) is 0.344. The van der Waals surface area contributed by atoms with Gasteiger partial charge in [-0.25, -0.2) is 8.78 Å². The molecule has 1 aliphatic carbocycles. The predicted molar refractivity (Wildman–Crippen MR) is 83.1 cm³/mol. The molecule has 2 rings (SSSR count). The van der Waals surface area contributed by atoms with E-state index in [2.05, 4.69) is 4.74 Å². The van der Waals surface area contributed by atoms with Crippen LogP contribution in [0.3, 0.4) is 0 Å². The Bertz CT molecular complexity index is 610. The van der Waals surface area contributed by atoms with Crippen molar-refractivity contribution in [3.8, 4) is 0 Å². The highest BCUT2D eigenvalue weighted by atomic mass is 19.3. The number of nitro benzene ring substituents is 1. The molecule has 8 heteroatoms. The molecule has 0 heterocycles. The molecule has 0 amide bonds. The molecule has 0 saturated heterocycles. The van der Waals surface area contributed by atoms with Crippen LogP contribution in [0, 0.1) is 10.1 Å². The SMILES string of the molecule is COC(=O)CN(CC(F)F)C1CCc2ccc([N+](=O)[O-])cc2CC1. The van der Waals surface area contributed by atoms with Crippen molar-refractivity contribution < 1.29 is 23.2 Å². The van der Waals surface area contributed by atoms with Crippen LogP contribution in [0.15, 0.2) is 18.2 Å². The minimum atomic E-state index is -2.54. The topological polar surface area (TPSA) is 72.7 Å². The van der Waals surface area contributed by atoms with E-state index in [0.29, 0.717) is 25.7 Å². The Morgan fingerprint density at radius 2 is 2.04 bits per heavy atom. The average molecular weight is 342 g/mol. The van der Waals surface area contributed by atoms with E-state index in [0.717, 1.165) is 11.1 Å². The number of esters is 1. The molecule has 0 bridgehead atoms.